The van der Waals surface area contributed by atoms with E-state index in [0.717, 1.165) is 6.07 Å². The highest BCUT2D eigenvalue weighted by Gasteiger charge is 2.27. The summed E-state index contributed by atoms with van der Waals surface area (Å²) >= 11 is 5.66. The van der Waals surface area contributed by atoms with E-state index in [1.807, 2.05) is 0 Å². The Bertz CT molecular complexity index is 791. The Labute approximate surface area is 136 Å². The van der Waals surface area contributed by atoms with E-state index < -0.39 is 22.7 Å². The van der Waals surface area contributed by atoms with Gasteiger partial charge in [0.2, 0.25) is 5.91 Å². The minimum atomic E-state index is -0.786. The third kappa shape index (κ3) is 3.31. The lowest BCUT2D eigenvalue weighted by atomic mass is 10.2. The molecule has 0 aliphatic heterocycles. The van der Waals surface area contributed by atoms with Crippen molar-refractivity contribution in [2.24, 2.45) is 0 Å². The van der Waals surface area contributed by atoms with Gasteiger partial charge in [-0.2, -0.15) is 5.10 Å². The summed E-state index contributed by atoms with van der Waals surface area (Å²) in [5, 5.41) is 17.5. The first-order chi connectivity index (χ1) is 10.7. The number of benzene rings is 1. The van der Waals surface area contributed by atoms with E-state index in [-0.39, 0.29) is 22.1 Å². The second-order valence-corrected chi connectivity index (χ2v) is 5.42. The van der Waals surface area contributed by atoms with Crippen molar-refractivity contribution in [3.8, 4) is 0 Å². The van der Waals surface area contributed by atoms with E-state index in [1.54, 1.807) is 6.92 Å². The van der Waals surface area contributed by atoms with E-state index in [9.17, 15) is 19.3 Å². The van der Waals surface area contributed by atoms with Crippen molar-refractivity contribution >= 4 is 28.9 Å². The first kappa shape index (κ1) is 16.9. The average molecular weight is 341 g/mol. The molecule has 0 saturated heterocycles. The molecule has 2 rings (SSSR count). The van der Waals surface area contributed by atoms with E-state index >= 15 is 0 Å². The number of aryl methyl sites for hydroxylation is 1. The van der Waals surface area contributed by atoms with E-state index in [0.29, 0.717) is 5.69 Å². The SMILES string of the molecule is Cc1nn([C@@H](C)C(=O)Nc2ccc(F)c(Cl)c2)c(C)c1[N+](=O)[O-]. The van der Waals surface area contributed by atoms with E-state index in [2.05, 4.69) is 10.4 Å². The van der Waals surface area contributed by atoms with Crippen LogP contribution in [0.3, 0.4) is 0 Å². The number of hydrogen-bond acceptors (Lipinski definition) is 4. The minimum Gasteiger partial charge on any atom is -0.324 e. The molecule has 0 aliphatic rings. The molecule has 1 aromatic heterocycles. The highest BCUT2D eigenvalue weighted by atomic mass is 35.5. The van der Waals surface area contributed by atoms with Crippen molar-refractivity contribution < 1.29 is 14.1 Å². The molecule has 2 aromatic rings. The average Bonchev–Trinajstić information content (AvgIpc) is 2.77. The molecule has 1 amide bonds. The van der Waals surface area contributed by atoms with Crippen molar-refractivity contribution in [2.75, 3.05) is 5.32 Å². The lowest BCUT2D eigenvalue weighted by molar-refractivity contribution is -0.386. The topological polar surface area (TPSA) is 90.1 Å². The van der Waals surface area contributed by atoms with Crippen LogP contribution in [0.25, 0.3) is 0 Å². The Morgan fingerprint density at radius 2 is 2.13 bits per heavy atom. The van der Waals surface area contributed by atoms with Gasteiger partial charge in [0.1, 0.15) is 23.2 Å². The second kappa shape index (κ2) is 6.33. The Morgan fingerprint density at radius 3 is 2.65 bits per heavy atom. The molecule has 7 nitrogen and oxygen atoms in total. The van der Waals surface area contributed by atoms with E-state index in [4.69, 9.17) is 11.6 Å². The van der Waals surface area contributed by atoms with Gasteiger partial charge in [0.15, 0.2) is 0 Å². The van der Waals surface area contributed by atoms with Gasteiger partial charge in [-0.1, -0.05) is 11.6 Å². The van der Waals surface area contributed by atoms with Crippen molar-refractivity contribution in [3.05, 3.63) is 50.5 Å². The lowest BCUT2D eigenvalue weighted by Gasteiger charge is -2.14. The van der Waals surface area contributed by atoms with Gasteiger partial charge in [-0.25, -0.2) is 4.39 Å². The van der Waals surface area contributed by atoms with Gasteiger partial charge in [0, 0.05) is 5.69 Å². The zero-order valence-electron chi connectivity index (χ0n) is 12.6. The quantitative estimate of drug-likeness (QED) is 0.682. The summed E-state index contributed by atoms with van der Waals surface area (Å²) in [5.41, 5.74) is 0.725. The van der Waals surface area contributed by atoms with E-state index in [1.165, 1.54) is 30.7 Å². The maximum atomic E-state index is 13.1. The van der Waals surface area contributed by atoms with Crippen molar-refractivity contribution in [1.82, 2.24) is 9.78 Å². The van der Waals surface area contributed by atoms with Crippen LogP contribution in [0.1, 0.15) is 24.4 Å². The summed E-state index contributed by atoms with van der Waals surface area (Å²) in [4.78, 5) is 22.8. The monoisotopic (exact) mass is 340 g/mol. The van der Waals surface area contributed by atoms with Crippen LogP contribution >= 0.6 is 11.6 Å². The molecule has 9 heteroatoms. The maximum Gasteiger partial charge on any atom is 0.312 e. The molecule has 0 fully saturated rings. The van der Waals surface area contributed by atoms with Crippen LogP contribution in [-0.4, -0.2) is 20.6 Å². The molecular weight excluding hydrogens is 327 g/mol. The fourth-order valence-corrected chi connectivity index (χ4v) is 2.41. The summed E-state index contributed by atoms with van der Waals surface area (Å²) in [7, 11) is 0. The fourth-order valence-electron chi connectivity index (χ4n) is 2.23. The highest BCUT2D eigenvalue weighted by molar-refractivity contribution is 6.31. The molecule has 1 aromatic carbocycles. The predicted molar refractivity (Wildman–Crippen MR) is 83.1 cm³/mol. The number of rotatable bonds is 4. The van der Waals surface area contributed by atoms with Crippen molar-refractivity contribution in [2.45, 2.75) is 26.8 Å². The van der Waals surface area contributed by atoms with Crippen molar-refractivity contribution in [1.29, 1.82) is 0 Å². The number of nitrogens with one attached hydrogen (secondary N) is 1. The van der Waals surface area contributed by atoms with Crippen LogP contribution in [0, 0.1) is 29.8 Å². The number of carbonyl (C=O) groups excluding carboxylic acids is 1. The zero-order valence-corrected chi connectivity index (χ0v) is 13.4. The maximum absolute atomic E-state index is 13.1. The summed E-state index contributed by atoms with van der Waals surface area (Å²) in [6.45, 7) is 4.59. The van der Waals surface area contributed by atoms with Gasteiger partial charge in [0.25, 0.3) is 0 Å². The Morgan fingerprint density at radius 1 is 1.48 bits per heavy atom. The minimum absolute atomic E-state index is 0.114. The molecule has 0 bridgehead atoms. The lowest BCUT2D eigenvalue weighted by Crippen LogP contribution is -2.25. The molecule has 1 heterocycles. The van der Waals surface area contributed by atoms with Crippen LogP contribution in [0.4, 0.5) is 15.8 Å². The van der Waals surface area contributed by atoms with Gasteiger partial charge in [0.05, 0.1) is 9.95 Å². The van der Waals surface area contributed by atoms with Gasteiger partial charge in [-0.3, -0.25) is 19.6 Å². The third-order valence-electron chi connectivity index (χ3n) is 3.40. The molecule has 1 N–H and O–H groups in total. The largest absolute Gasteiger partial charge is 0.324 e. The standard InChI is InChI=1S/C14H14ClFN4O3/c1-7-13(20(22)23)8(2)19(18-7)9(3)14(21)17-10-4-5-12(16)11(15)6-10/h4-6,9H,1-3H3,(H,17,21)/t9-/m0/s1. The molecule has 0 unspecified atom stereocenters. The Hall–Kier alpha value is -2.48. The number of nitro groups is 1. The number of carbonyl (C=O) groups is 1. The molecule has 122 valence electrons. The summed E-state index contributed by atoms with van der Waals surface area (Å²) in [5.74, 6) is -1.04. The summed E-state index contributed by atoms with van der Waals surface area (Å²) in [6, 6.07) is 3.00. The number of aromatic nitrogens is 2. The predicted octanol–water partition coefficient (Wildman–Crippen LogP) is 3.40. The number of anilines is 1. The van der Waals surface area contributed by atoms with Crippen LogP contribution in [0.2, 0.25) is 5.02 Å². The zero-order chi connectivity index (χ0) is 17.3. The molecule has 1 atom stereocenters. The fraction of sp³-hybridized carbons (Fsp3) is 0.286. The van der Waals surface area contributed by atoms with Gasteiger partial charge in [-0.15, -0.1) is 0 Å². The first-order valence-corrected chi connectivity index (χ1v) is 7.06. The molecular formula is C14H14ClFN4O3. The second-order valence-electron chi connectivity index (χ2n) is 5.02. The molecule has 23 heavy (non-hydrogen) atoms. The van der Waals surface area contributed by atoms with Crippen LogP contribution in [-0.2, 0) is 4.79 Å². The number of nitrogens with zero attached hydrogens (tertiary/aromatic N) is 3. The number of hydrogen-bond donors (Lipinski definition) is 1. The van der Waals surface area contributed by atoms with Crippen LogP contribution in [0.5, 0.6) is 0 Å². The Kier molecular flexibility index (Phi) is 4.65. The van der Waals surface area contributed by atoms with Crippen LogP contribution < -0.4 is 5.32 Å². The summed E-state index contributed by atoms with van der Waals surface area (Å²) in [6.07, 6.45) is 0. The summed E-state index contributed by atoms with van der Waals surface area (Å²) < 4.78 is 14.4. The molecule has 0 aliphatic carbocycles. The molecule has 0 saturated carbocycles. The smallest absolute Gasteiger partial charge is 0.312 e. The number of halogens is 2. The third-order valence-corrected chi connectivity index (χ3v) is 3.69. The van der Waals surface area contributed by atoms with Gasteiger partial charge in [-0.05, 0) is 39.0 Å². The van der Waals surface area contributed by atoms with Gasteiger partial charge >= 0.3 is 5.69 Å². The van der Waals surface area contributed by atoms with Crippen molar-refractivity contribution in [3.63, 3.8) is 0 Å². The van der Waals surface area contributed by atoms with Crippen LogP contribution in [0.15, 0.2) is 18.2 Å². The molecule has 0 radical (unpaired) electrons. The van der Waals surface area contributed by atoms with Gasteiger partial charge < -0.3 is 5.32 Å². The first-order valence-electron chi connectivity index (χ1n) is 6.68. The Balaban J connectivity index is 2.24. The number of amides is 1. The highest BCUT2D eigenvalue weighted by Crippen LogP contribution is 2.25. The molecule has 0 spiro atoms. The normalized spacial score (nSPS) is 12.0.